The van der Waals surface area contributed by atoms with Gasteiger partial charge in [-0.25, -0.2) is 9.78 Å². The van der Waals surface area contributed by atoms with Gasteiger partial charge in [0.25, 0.3) is 0 Å². The lowest BCUT2D eigenvalue weighted by atomic mass is 10.1. The minimum absolute atomic E-state index is 0.292. The van der Waals surface area contributed by atoms with E-state index in [-0.39, 0.29) is 0 Å². The molecule has 0 atom stereocenters. The molecule has 1 fully saturated rings. The van der Waals surface area contributed by atoms with Crippen LogP contribution in [0.3, 0.4) is 0 Å². The molecular weight excluding hydrogens is 264 g/mol. The highest BCUT2D eigenvalue weighted by Gasteiger charge is 2.22. The van der Waals surface area contributed by atoms with Crippen LogP contribution >= 0.6 is 0 Å². The molecule has 1 aromatic carbocycles. The second-order valence-corrected chi connectivity index (χ2v) is 6.34. The van der Waals surface area contributed by atoms with Crippen LogP contribution in [0.25, 0.3) is 11.0 Å². The van der Waals surface area contributed by atoms with Gasteiger partial charge in [0, 0.05) is 12.5 Å². The fraction of sp³-hybridized carbons (Fsp3) is 0.529. The van der Waals surface area contributed by atoms with Crippen molar-refractivity contribution in [2.45, 2.75) is 52.0 Å². The second kappa shape index (κ2) is 5.51. The number of carbonyl (C=O) groups is 1. The summed E-state index contributed by atoms with van der Waals surface area (Å²) >= 11 is 0. The number of benzene rings is 1. The van der Waals surface area contributed by atoms with E-state index in [1.165, 1.54) is 19.3 Å². The zero-order valence-corrected chi connectivity index (χ0v) is 12.7. The smallest absolute Gasteiger partial charge is 0.337 e. The summed E-state index contributed by atoms with van der Waals surface area (Å²) in [5.41, 5.74) is 1.94. The number of imidazole rings is 1. The summed E-state index contributed by atoms with van der Waals surface area (Å²) in [5, 5.41) is 9.44. The average molecular weight is 286 g/mol. The standard InChI is InChI=1S/C17H22N2O2/c1-11(2)16-18-14-7-3-6-13(17(20)21)15(14)19(16)10-4-5-12-8-9-12/h3,6-7,11-12H,4-5,8-10H2,1-2H3,(H,20,21). The Labute approximate surface area is 124 Å². The molecule has 2 aromatic rings. The minimum Gasteiger partial charge on any atom is -0.478 e. The third-order valence-electron chi connectivity index (χ3n) is 4.23. The molecule has 1 aliphatic carbocycles. The van der Waals surface area contributed by atoms with Gasteiger partial charge in [0.1, 0.15) is 5.82 Å². The number of aryl methyl sites for hydroxylation is 1. The van der Waals surface area contributed by atoms with Crippen LogP contribution in [0.5, 0.6) is 0 Å². The predicted molar refractivity (Wildman–Crippen MR) is 82.7 cm³/mol. The van der Waals surface area contributed by atoms with Crippen molar-refractivity contribution in [2.75, 3.05) is 0 Å². The van der Waals surface area contributed by atoms with Crippen molar-refractivity contribution in [2.24, 2.45) is 5.92 Å². The van der Waals surface area contributed by atoms with Gasteiger partial charge < -0.3 is 9.67 Å². The minimum atomic E-state index is -0.876. The van der Waals surface area contributed by atoms with Crippen molar-refractivity contribution in [3.63, 3.8) is 0 Å². The highest BCUT2D eigenvalue weighted by molar-refractivity contribution is 6.01. The summed E-state index contributed by atoms with van der Waals surface area (Å²) in [5.74, 6) is 1.31. The lowest BCUT2D eigenvalue weighted by Crippen LogP contribution is -2.08. The Morgan fingerprint density at radius 2 is 2.19 bits per heavy atom. The van der Waals surface area contributed by atoms with Crippen LogP contribution in [0.1, 0.15) is 61.6 Å². The van der Waals surface area contributed by atoms with Crippen molar-refractivity contribution in [3.05, 3.63) is 29.6 Å². The van der Waals surface area contributed by atoms with Gasteiger partial charge >= 0.3 is 5.97 Å². The van der Waals surface area contributed by atoms with Crippen molar-refractivity contribution >= 4 is 17.0 Å². The first-order chi connectivity index (χ1) is 10.1. The van der Waals surface area contributed by atoms with Gasteiger partial charge in [-0.1, -0.05) is 32.8 Å². The first-order valence-corrected chi connectivity index (χ1v) is 7.80. The molecule has 0 amide bonds. The molecule has 3 rings (SSSR count). The van der Waals surface area contributed by atoms with Gasteiger partial charge in [-0.2, -0.15) is 0 Å². The summed E-state index contributed by atoms with van der Waals surface area (Å²) in [6.45, 7) is 5.09. The largest absolute Gasteiger partial charge is 0.478 e. The van der Waals surface area contributed by atoms with Gasteiger partial charge in [-0.3, -0.25) is 0 Å². The van der Waals surface area contributed by atoms with Crippen LogP contribution in [-0.4, -0.2) is 20.6 Å². The number of carboxylic acids is 1. The van der Waals surface area contributed by atoms with E-state index in [4.69, 9.17) is 0 Å². The van der Waals surface area contributed by atoms with E-state index in [2.05, 4.69) is 23.4 Å². The first kappa shape index (κ1) is 14.1. The number of hydrogen-bond acceptors (Lipinski definition) is 2. The molecule has 21 heavy (non-hydrogen) atoms. The van der Waals surface area contributed by atoms with Gasteiger partial charge in [0.05, 0.1) is 16.6 Å². The summed E-state index contributed by atoms with van der Waals surface area (Å²) in [6.07, 6.45) is 5.07. The molecule has 4 nitrogen and oxygen atoms in total. The molecule has 0 bridgehead atoms. The molecule has 0 radical (unpaired) electrons. The fourth-order valence-corrected chi connectivity index (χ4v) is 2.99. The lowest BCUT2D eigenvalue weighted by Gasteiger charge is -2.12. The highest BCUT2D eigenvalue weighted by atomic mass is 16.4. The molecule has 1 heterocycles. The quantitative estimate of drug-likeness (QED) is 0.871. The number of hydrogen-bond donors (Lipinski definition) is 1. The molecule has 0 saturated heterocycles. The van der Waals surface area contributed by atoms with Crippen molar-refractivity contribution in [1.82, 2.24) is 9.55 Å². The Bertz CT molecular complexity index is 669. The fourth-order valence-electron chi connectivity index (χ4n) is 2.99. The van der Waals surface area contributed by atoms with E-state index in [1.54, 1.807) is 12.1 Å². The molecule has 0 unspecified atom stereocenters. The van der Waals surface area contributed by atoms with Gasteiger partial charge in [-0.05, 0) is 30.9 Å². The van der Waals surface area contributed by atoms with Crippen LogP contribution in [0.15, 0.2) is 18.2 Å². The van der Waals surface area contributed by atoms with E-state index in [0.29, 0.717) is 11.5 Å². The van der Waals surface area contributed by atoms with Crippen molar-refractivity contribution in [1.29, 1.82) is 0 Å². The number of fused-ring (bicyclic) bond motifs is 1. The molecule has 1 N–H and O–H groups in total. The number of aromatic nitrogens is 2. The van der Waals surface area contributed by atoms with Crippen LogP contribution < -0.4 is 0 Å². The predicted octanol–water partition coefficient (Wildman–Crippen LogP) is 4.05. The maximum absolute atomic E-state index is 11.5. The Morgan fingerprint density at radius 1 is 1.43 bits per heavy atom. The Hall–Kier alpha value is -1.84. The van der Waals surface area contributed by atoms with Gasteiger partial charge in [-0.15, -0.1) is 0 Å². The Balaban J connectivity index is 2.02. The lowest BCUT2D eigenvalue weighted by molar-refractivity contribution is 0.0698. The Kier molecular flexibility index (Phi) is 3.70. The van der Waals surface area contributed by atoms with E-state index in [9.17, 15) is 9.90 Å². The van der Waals surface area contributed by atoms with Crippen LogP contribution in [0.4, 0.5) is 0 Å². The summed E-state index contributed by atoms with van der Waals surface area (Å²) in [7, 11) is 0. The number of rotatable bonds is 6. The molecule has 4 heteroatoms. The molecule has 1 saturated carbocycles. The maximum Gasteiger partial charge on any atom is 0.337 e. The SMILES string of the molecule is CC(C)c1nc2cccc(C(=O)O)c2n1CCCC1CC1. The van der Waals surface area contributed by atoms with Crippen LogP contribution in [-0.2, 0) is 6.54 Å². The molecule has 112 valence electrons. The molecule has 1 aliphatic rings. The molecule has 1 aromatic heterocycles. The summed E-state index contributed by atoms with van der Waals surface area (Å²) < 4.78 is 2.13. The van der Waals surface area contributed by atoms with Gasteiger partial charge in [0.2, 0.25) is 0 Å². The zero-order chi connectivity index (χ0) is 15.0. The molecule has 0 spiro atoms. The van der Waals surface area contributed by atoms with E-state index < -0.39 is 5.97 Å². The third kappa shape index (κ3) is 2.80. The number of nitrogens with zero attached hydrogens (tertiary/aromatic N) is 2. The normalized spacial score (nSPS) is 15.0. The van der Waals surface area contributed by atoms with Crippen LogP contribution in [0, 0.1) is 5.92 Å². The highest BCUT2D eigenvalue weighted by Crippen LogP contribution is 2.34. The Morgan fingerprint density at radius 3 is 2.81 bits per heavy atom. The summed E-state index contributed by atoms with van der Waals surface area (Å²) in [4.78, 5) is 16.2. The number of carboxylic acid groups (broad SMARTS) is 1. The number of para-hydroxylation sites is 1. The second-order valence-electron chi connectivity index (χ2n) is 6.34. The van der Waals surface area contributed by atoms with E-state index >= 15 is 0 Å². The third-order valence-corrected chi connectivity index (χ3v) is 4.23. The summed E-state index contributed by atoms with van der Waals surface area (Å²) in [6, 6.07) is 5.36. The van der Waals surface area contributed by atoms with Crippen LogP contribution in [0.2, 0.25) is 0 Å². The molecule has 0 aliphatic heterocycles. The van der Waals surface area contributed by atoms with E-state index in [0.717, 1.165) is 35.7 Å². The van der Waals surface area contributed by atoms with Crippen molar-refractivity contribution in [3.8, 4) is 0 Å². The monoisotopic (exact) mass is 286 g/mol. The number of aromatic carboxylic acids is 1. The maximum atomic E-state index is 11.5. The van der Waals surface area contributed by atoms with Crippen molar-refractivity contribution < 1.29 is 9.90 Å². The topological polar surface area (TPSA) is 55.1 Å². The first-order valence-electron chi connectivity index (χ1n) is 7.80. The van der Waals surface area contributed by atoms with E-state index in [1.807, 2.05) is 6.07 Å². The zero-order valence-electron chi connectivity index (χ0n) is 12.7. The molecular formula is C17H22N2O2. The van der Waals surface area contributed by atoms with Gasteiger partial charge in [0.15, 0.2) is 0 Å². The average Bonchev–Trinajstić information content (AvgIpc) is 3.18.